The maximum atomic E-state index is 13.6. The fraction of sp³-hybridized carbons (Fsp3) is 0.826. The van der Waals surface area contributed by atoms with E-state index in [0.717, 1.165) is 0 Å². The van der Waals surface area contributed by atoms with Crippen LogP contribution in [0.3, 0.4) is 0 Å². The van der Waals surface area contributed by atoms with Crippen molar-refractivity contribution in [2.45, 2.75) is 86.0 Å². The third kappa shape index (κ3) is 5.35. The summed E-state index contributed by atoms with van der Waals surface area (Å²) in [5.74, 6) is -1.00. The van der Waals surface area contributed by atoms with Crippen LogP contribution < -0.4 is 10.6 Å². The van der Waals surface area contributed by atoms with Crippen LogP contribution in [0.15, 0.2) is 0 Å². The smallest absolute Gasteiger partial charge is 0.408 e. The summed E-state index contributed by atoms with van der Waals surface area (Å²) in [4.78, 5) is 52.5. The molecule has 5 atom stereocenters. The Bertz CT molecular complexity index is 780. The second kappa shape index (κ2) is 8.56. The van der Waals surface area contributed by atoms with Crippen molar-refractivity contribution in [3.05, 3.63) is 0 Å². The van der Waals surface area contributed by atoms with Gasteiger partial charge in [0.2, 0.25) is 11.8 Å². The van der Waals surface area contributed by atoms with E-state index < -0.39 is 47.1 Å². The summed E-state index contributed by atoms with van der Waals surface area (Å²) in [5, 5.41) is 5.27. The first-order chi connectivity index (χ1) is 14.4. The summed E-state index contributed by atoms with van der Waals surface area (Å²) >= 11 is 0. The average Bonchev–Trinajstić information content (AvgIpc) is 2.98. The summed E-state index contributed by atoms with van der Waals surface area (Å²) in [5.41, 5.74) is -1.35. The predicted molar refractivity (Wildman–Crippen MR) is 118 cm³/mol. The maximum Gasteiger partial charge on any atom is 0.408 e. The molecule has 9 heteroatoms. The molecule has 1 heterocycles. The molecule has 0 bridgehead atoms. The Morgan fingerprint density at radius 3 is 2.06 bits per heavy atom. The highest BCUT2D eigenvalue weighted by atomic mass is 16.6. The predicted octanol–water partition coefficient (Wildman–Crippen LogP) is 2.09. The summed E-state index contributed by atoms with van der Waals surface area (Å²) < 4.78 is 10.2. The van der Waals surface area contributed by atoms with Crippen molar-refractivity contribution in [2.24, 2.45) is 22.7 Å². The molecular formula is C23H39N3O6. The quantitative estimate of drug-likeness (QED) is 0.616. The van der Waals surface area contributed by atoms with Crippen molar-refractivity contribution >= 4 is 23.9 Å². The summed E-state index contributed by atoms with van der Waals surface area (Å²) in [6.07, 6.45) is -0.716. The number of likely N-dealkylation sites (tertiary alicyclic amines) is 1. The van der Waals surface area contributed by atoms with E-state index in [4.69, 9.17) is 9.47 Å². The number of carbonyl (C=O) groups is 4. The number of hydrogen-bond acceptors (Lipinski definition) is 6. The van der Waals surface area contributed by atoms with Crippen LogP contribution in [0.2, 0.25) is 0 Å². The van der Waals surface area contributed by atoms with Crippen LogP contribution in [0.25, 0.3) is 0 Å². The van der Waals surface area contributed by atoms with Gasteiger partial charge in [-0.05, 0) is 44.4 Å². The molecule has 2 N–H and O–H groups in total. The van der Waals surface area contributed by atoms with Gasteiger partial charge in [0.25, 0.3) is 0 Å². The topological polar surface area (TPSA) is 114 Å². The monoisotopic (exact) mass is 453 g/mol. The Balaban J connectivity index is 2.15. The van der Waals surface area contributed by atoms with Crippen molar-refractivity contribution < 1.29 is 28.7 Å². The van der Waals surface area contributed by atoms with Gasteiger partial charge >= 0.3 is 12.1 Å². The van der Waals surface area contributed by atoms with E-state index in [1.54, 1.807) is 25.7 Å². The highest BCUT2D eigenvalue weighted by Gasteiger charge is 2.70. The number of nitrogens with zero attached hydrogens (tertiary/aromatic N) is 1. The van der Waals surface area contributed by atoms with E-state index in [1.807, 2.05) is 20.8 Å². The van der Waals surface area contributed by atoms with Crippen LogP contribution in [0.5, 0.6) is 0 Å². The number of nitrogens with one attached hydrogen (secondary N) is 2. The number of piperidine rings is 1. The first-order valence-electron chi connectivity index (χ1n) is 11.1. The van der Waals surface area contributed by atoms with Crippen molar-refractivity contribution in [3.8, 4) is 0 Å². The Morgan fingerprint density at radius 1 is 1.03 bits per heavy atom. The van der Waals surface area contributed by atoms with Gasteiger partial charge in [-0.3, -0.25) is 9.59 Å². The van der Waals surface area contributed by atoms with E-state index in [2.05, 4.69) is 24.5 Å². The largest absolute Gasteiger partial charge is 0.467 e. The zero-order valence-electron chi connectivity index (χ0n) is 21.0. The number of carbonyl (C=O) groups excluding carboxylic acids is 4. The molecule has 2 fully saturated rings. The van der Waals surface area contributed by atoms with Crippen LogP contribution in [0, 0.1) is 22.7 Å². The van der Waals surface area contributed by atoms with E-state index in [1.165, 1.54) is 14.0 Å². The number of amides is 3. The number of fused-ring (bicyclic) bond motifs is 1. The molecule has 9 nitrogen and oxygen atoms in total. The SMILES string of the molecule is COC(=O)[C@@H]1[C@@H]2[C@H](CN1C(=O)[C@@H](NC(=O)[C@H](C)NC(=O)OC(C)(C)C)C(C)(C)C)C2(C)C. The van der Waals surface area contributed by atoms with Gasteiger partial charge in [-0.15, -0.1) is 0 Å². The molecule has 32 heavy (non-hydrogen) atoms. The van der Waals surface area contributed by atoms with Gasteiger partial charge in [0.15, 0.2) is 0 Å². The molecule has 0 aromatic rings. The molecule has 182 valence electrons. The minimum Gasteiger partial charge on any atom is -0.467 e. The van der Waals surface area contributed by atoms with Crippen LogP contribution in [0.4, 0.5) is 4.79 Å². The number of methoxy groups -OCH3 is 1. The zero-order chi connectivity index (χ0) is 24.8. The molecule has 1 aliphatic heterocycles. The molecule has 3 amide bonds. The molecule has 1 saturated heterocycles. The minimum atomic E-state index is -0.912. The highest BCUT2D eigenvalue weighted by molar-refractivity contribution is 5.94. The molecule has 0 spiro atoms. The standard InChI is InChI=1S/C23H39N3O6/c1-12(24-20(30)32-22(5,6)7)17(27)25-16(21(2,3)4)18(28)26-11-13-14(23(13,8)9)15(26)19(29)31-10/h12-16H,11H2,1-10H3,(H,24,30)(H,25,27)/t12-,13-,14-,15-,16+/m0/s1. The molecule has 1 saturated carbocycles. The van der Waals surface area contributed by atoms with Crippen molar-refractivity contribution in [3.63, 3.8) is 0 Å². The van der Waals surface area contributed by atoms with Gasteiger partial charge in [0.1, 0.15) is 23.7 Å². The molecular weight excluding hydrogens is 414 g/mol. The lowest BCUT2D eigenvalue weighted by Crippen LogP contribution is -2.60. The van der Waals surface area contributed by atoms with Crippen molar-refractivity contribution in [1.82, 2.24) is 15.5 Å². The fourth-order valence-corrected chi connectivity index (χ4v) is 4.53. The fourth-order valence-electron chi connectivity index (χ4n) is 4.53. The van der Waals surface area contributed by atoms with Crippen LogP contribution >= 0.6 is 0 Å². The third-order valence-corrected chi connectivity index (χ3v) is 6.46. The maximum absolute atomic E-state index is 13.6. The second-order valence-electron chi connectivity index (χ2n) is 11.6. The minimum absolute atomic E-state index is 0.0258. The molecule has 0 aromatic heterocycles. The summed E-state index contributed by atoms with van der Waals surface area (Å²) in [7, 11) is 1.32. The van der Waals surface area contributed by atoms with Crippen LogP contribution in [-0.4, -0.2) is 66.2 Å². The average molecular weight is 454 g/mol. The molecule has 1 aliphatic carbocycles. The van der Waals surface area contributed by atoms with E-state index in [9.17, 15) is 19.2 Å². The van der Waals surface area contributed by atoms with Gasteiger partial charge in [0.05, 0.1) is 7.11 Å². The normalized spacial score (nSPS) is 25.8. The van der Waals surface area contributed by atoms with Crippen LogP contribution in [0.1, 0.15) is 62.3 Å². The van der Waals surface area contributed by atoms with Crippen LogP contribution in [-0.2, 0) is 23.9 Å². The van der Waals surface area contributed by atoms with Crippen molar-refractivity contribution in [2.75, 3.05) is 13.7 Å². The Labute approximate surface area is 190 Å². The summed E-state index contributed by atoms with van der Waals surface area (Å²) in [6.45, 7) is 16.9. The number of rotatable bonds is 5. The van der Waals surface area contributed by atoms with Gasteiger partial charge in [0, 0.05) is 12.5 Å². The van der Waals surface area contributed by atoms with Gasteiger partial charge in [-0.1, -0.05) is 34.6 Å². The zero-order valence-corrected chi connectivity index (χ0v) is 21.0. The third-order valence-electron chi connectivity index (χ3n) is 6.46. The highest BCUT2D eigenvalue weighted by Crippen LogP contribution is 2.65. The van der Waals surface area contributed by atoms with Gasteiger partial charge in [-0.2, -0.15) is 0 Å². The van der Waals surface area contributed by atoms with Gasteiger partial charge in [-0.25, -0.2) is 9.59 Å². The lowest BCUT2D eigenvalue weighted by Gasteiger charge is -2.37. The van der Waals surface area contributed by atoms with E-state index in [-0.39, 0.29) is 23.2 Å². The molecule has 0 unspecified atom stereocenters. The molecule has 2 rings (SSSR count). The lowest BCUT2D eigenvalue weighted by molar-refractivity contribution is -0.155. The molecule has 0 aromatic carbocycles. The van der Waals surface area contributed by atoms with E-state index >= 15 is 0 Å². The first kappa shape index (κ1) is 25.9. The lowest BCUT2D eigenvalue weighted by atomic mass is 9.85. The number of ether oxygens (including phenoxy) is 2. The molecule has 0 radical (unpaired) electrons. The number of esters is 1. The first-order valence-corrected chi connectivity index (χ1v) is 11.1. The van der Waals surface area contributed by atoms with Gasteiger partial charge < -0.3 is 25.0 Å². The number of hydrogen-bond donors (Lipinski definition) is 2. The molecule has 2 aliphatic rings. The van der Waals surface area contributed by atoms with Crippen molar-refractivity contribution in [1.29, 1.82) is 0 Å². The summed E-state index contributed by atoms with van der Waals surface area (Å²) in [6, 6.07) is -2.46. The van der Waals surface area contributed by atoms with E-state index in [0.29, 0.717) is 6.54 Å². The number of alkyl carbamates (subject to hydrolysis) is 1. The second-order valence-corrected chi connectivity index (χ2v) is 11.6. The Hall–Kier alpha value is -2.32. The Morgan fingerprint density at radius 2 is 1.59 bits per heavy atom. The Kier molecular flexibility index (Phi) is 6.93.